The first-order valence-corrected chi connectivity index (χ1v) is 5.15. The highest BCUT2D eigenvalue weighted by atomic mass is 35.5. The van der Waals surface area contributed by atoms with Gasteiger partial charge in [0.2, 0.25) is 0 Å². The van der Waals surface area contributed by atoms with Crippen LogP contribution >= 0.6 is 11.6 Å². The normalized spacial score (nSPS) is 10.9. The molecule has 78 valence electrons. The number of nitrogens with zero attached hydrogens (tertiary/aromatic N) is 1. The summed E-state index contributed by atoms with van der Waals surface area (Å²) in [4.78, 5) is 11.8. The molecular formula is C12H12ClNO. The summed E-state index contributed by atoms with van der Waals surface area (Å²) in [6.07, 6.45) is 0. The van der Waals surface area contributed by atoms with Gasteiger partial charge in [-0.25, -0.2) is 0 Å². The first-order valence-electron chi connectivity index (χ1n) is 4.78. The number of rotatable bonds is 0. The molecule has 0 saturated carbocycles. The third-order valence-corrected chi connectivity index (χ3v) is 3.15. The molecule has 0 aliphatic heterocycles. The van der Waals surface area contributed by atoms with Crippen LogP contribution in [0.2, 0.25) is 5.02 Å². The molecule has 0 radical (unpaired) electrons. The quantitative estimate of drug-likeness (QED) is 0.671. The minimum absolute atomic E-state index is 0.0577. The second-order valence-electron chi connectivity index (χ2n) is 3.78. The maximum atomic E-state index is 11.8. The molecule has 0 atom stereocenters. The molecule has 15 heavy (non-hydrogen) atoms. The molecule has 0 bridgehead atoms. The lowest BCUT2D eigenvalue weighted by Crippen LogP contribution is -2.20. The van der Waals surface area contributed by atoms with Crippen molar-refractivity contribution in [3.8, 4) is 0 Å². The van der Waals surface area contributed by atoms with Crippen molar-refractivity contribution in [3.63, 3.8) is 0 Å². The highest BCUT2D eigenvalue weighted by molar-refractivity contribution is 6.31. The number of fused-ring (bicyclic) bond motifs is 1. The molecule has 2 nitrogen and oxygen atoms in total. The van der Waals surface area contributed by atoms with E-state index in [-0.39, 0.29) is 5.56 Å². The van der Waals surface area contributed by atoms with Gasteiger partial charge in [0, 0.05) is 23.0 Å². The number of aryl methyl sites for hydroxylation is 2. The summed E-state index contributed by atoms with van der Waals surface area (Å²) in [7, 11) is 1.78. The summed E-state index contributed by atoms with van der Waals surface area (Å²) >= 11 is 5.95. The molecule has 0 aliphatic rings. The molecular weight excluding hydrogens is 210 g/mol. The van der Waals surface area contributed by atoms with Crippen LogP contribution in [0.5, 0.6) is 0 Å². The van der Waals surface area contributed by atoms with Crippen LogP contribution in [0.3, 0.4) is 0 Å². The van der Waals surface area contributed by atoms with Gasteiger partial charge in [-0.05, 0) is 37.6 Å². The van der Waals surface area contributed by atoms with Gasteiger partial charge in [-0.1, -0.05) is 11.6 Å². The van der Waals surface area contributed by atoms with E-state index in [0.29, 0.717) is 5.02 Å². The summed E-state index contributed by atoms with van der Waals surface area (Å²) in [6.45, 7) is 3.80. The van der Waals surface area contributed by atoms with Gasteiger partial charge in [0.1, 0.15) is 0 Å². The Morgan fingerprint density at radius 2 is 1.87 bits per heavy atom. The molecule has 2 rings (SSSR count). The molecule has 0 aliphatic carbocycles. The summed E-state index contributed by atoms with van der Waals surface area (Å²) < 4.78 is 1.66. The molecule has 0 amide bonds. The van der Waals surface area contributed by atoms with Crippen molar-refractivity contribution in [2.24, 2.45) is 7.05 Å². The predicted molar refractivity (Wildman–Crippen MR) is 63.7 cm³/mol. The van der Waals surface area contributed by atoms with Crippen molar-refractivity contribution in [2.75, 3.05) is 0 Å². The van der Waals surface area contributed by atoms with Crippen molar-refractivity contribution in [1.82, 2.24) is 4.57 Å². The van der Waals surface area contributed by atoms with Crippen LogP contribution in [-0.2, 0) is 7.05 Å². The third-order valence-electron chi connectivity index (χ3n) is 2.91. The zero-order valence-corrected chi connectivity index (χ0v) is 9.72. The minimum Gasteiger partial charge on any atom is -0.311 e. The fourth-order valence-electron chi connectivity index (χ4n) is 1.82. The van der Waals surface area contributed by atoms with E-state index in [4.69, 9.17) is 11.6 Å². The summed E-state index contributed by atoms with van der Waals surface area (Å²) in [5.74, 6) is 0. The van der Waals surface area contributed by atoms with Gasteiger partial charge in [0.05, 0.1) is 5.52 Å². The van der Waals surface area contributed by atoms with E-state index < -0.39 is 0 Å². The lowest BCUT2D eigenvalue weighted by atomic mass is 10.1. The van der Waals surface area contributed by atoms with Crippen molar-refractivity contribution < 1.29 is 0 Å². The standard InChI is InChI=1S/C12H12ClNO/c1-7-8(2)12(15)14(3)11-5-4-9(13)6-10(7)11/h4-6H,1-3H3. The van der Waals surface area contributed by atoms with Gasteiger partial charge < -0.3 is 4.57 Å². The highest BCUT2D eigenvalue weighted by Gasteiger charge is 2.08. The van der Waals surface area contributed by atoms with Gasteiger partial charge in [0.15, 0.2) is 0 Å². The van der Waals surface area contributed by atoms with Crippen LogP contribution in [-0.4, -0.2) is 4.57 Å². The van der Waals surface area contributed by atoms with E-state index in [1.165, 1.54) is 0 Å². The summed E-state index contributed by atoms with van der Waals surface area (Å²) in [5.41, 5.74) is 2.78. The van der Waals surface area contributed by atoms with Gasteiger partial charge in [0.25, 0.3) is 5.56 Å². The molecule has 0 N–H and O–H groups in total. The van der Waals surface area contributed by atoms with Crippen LogP contribution < -0.4 is 5.56 Å². The van der Waals surface area contributed by atoms with E-state index in [9.17, 15) is 4.79 Å². The van der Waals surface area contributed by atoms with Crippen LogP contribution in [0.1, 0.15) is 11.1 Å². The Morgan fingerprint density at radius 3 is 2.53 bits per heavy atom. The number of benzene rings is 1. The van der Waals surface area contributed by atoms with Crippen LogP contribution in [0, 0.1) is 13.8 Å². The van der Waals surface area contributed by atoms with E-state index in [1.54, 1.807) is 17.7 Å². The molecule has 1 heterocycles. The maximum Gasteiger partial charge on any atom is 0.253 e. The number of hydrogen-bond donors (Lipinski definition) is 0. The zero-order valence-electron chi connectivity index (χ0n) is 8.97. The molecule has 0 fully saturated rings. The summed E-state index contributed by atoms with van der Waals surface area (Å²) in [6, 6.07) is 5.59. The lowest BCUT2D eigenvalue weighted by Gasteiger charge is -2.10. The number of hydrogen-bond acceptors (Lipinski definition) is 1. The Balaban J connectivity index is 3.07. The Kier molecular flexibility index (Phi) is 2.31. The zero-order chi connectivity index (χ0) is 11.2. The molecule has 2 aromatic rings. The number of pyridine rings is 1. The molecule has 3 heteroatoms. The highest BCUT2D eigenvalue weighted by Crippen LogP contribution is 2.22. The smallest absolute Gasteiger partial charge is 0.253 e. The van der Waals surface area contributed by atoms with Gasteiger partial charge in [-0.2, -0.15) is 0 Å². The Morgan fingerprint density at radius 1 is 1.20 bits per heavy atom. The largest absolute Gasteiger partial charge is 0.311 e. The SMILES string of the molecule is Cc1c(C)c2cc(Cl)ccc2n(C)c1=O. The number of halogens is 1. The monoisotopic (exact) mass is 221 g/mol. The second kappa shape index (κ2) is 3.38. The number of aromatic nitrogens is 1. The van der Waals surface area contributed by atoms with Crippen LogP contribution in [0.25, 0.3) is 10.9 Å². The average Bonchev–Trinajstić information content (AvgIpc) is 2.23. The predicted octanol–water partition coefficient (Wildman–Crippen LogP) is 2.81. The maximum absolute atomic E-state index is 11.8. The van der Waals surface area contributed by atoms with Crippen molar-refractivity contribution in [2.45, 2.75) is 13.8 Å². The molecule has 1 aromatic carbocycles. The Hall–Kier alpha value is -1.28. The van der Waals surface area contributed by atoms with Gasteiger partial charge in [-0.15, -0.1) is 0 Å². The van der Waals surface area contributed by atoms with Crippen molar-refractivity contribution in [3.05, 3.63) is 44.7 Å². The fourth-order valence-corrected chi connectivity index (χ4v) is 2.00. The average molecular weight is 222 g/mol. The Labute approximate surface area is 93.1 Å². The first kappa shape index (κ1) is 10.2. The fraction of sp³-hybridized carbons (Fsp3) is 0.250. The van der Waals surface area contributed by atoms with Gasteiger partial charge in [-0.3, -0.25) is 4.79 Å². The second-order valence-corrected chi connectivity index (χ2v) is 4.21. The molecule has 0 saturated heterocycles. The van der Waals surface area contributed by atoms with Crippen molar-refractivity contribution >= 4 is 22.5 Å². The van der Waals surface area contributed by atoms with E-state index in [2.05, 4.69) is 0 Å². The van der Waals surface area contributed by atoms with Crippen LogP contribution in [0.4, 0.5) is 0 Å². The van der Waals surface area contributed by atoms with Crippen LogP contribution in [0.15, 0.2) is 23.0 Å². The van der Waals surface area contributed by atoms with Crippen molar-refractivity contribution in [1.29, 1.82) is 0 Å². The summed E-state index contributed by atoms with van der Waals surface area (Å²) in [5, 5.41) is 1.74. The van der Waals surface area contributed by atoms with E-state index >= 15 is 0 Å². The topological polar surface area (TPSA) is 22.0 Å². The van der Waals surface area contributed by atoms with E-state index in [1.807, 2.05) is 26.0 Å². The molecule has 1 aromatic heterocycles. The minimum atomic E-state index is 0.0577. The Bertz CT molecular complexity index is 599. The van der Waals surface area contributed by atoms with Gasteiger partial charge >= 0.3 is 0 Å². The molecule has 0 unspecified atom stereocenters. The molecule has 0 spiro atoms. The van der Waals surface area contributed by atoms with E-state index in [0.717, 1.165) is 22.0 Å². The third kappa shape index (κ3) is 1.45. The first-order chi connectivity index (χ1) is 7.02. The lowest BCUT2D eigenvalue weighted by molar-refractivity contribution is 0.888.